The number of nitrogens with zero attached hydrogens (tertiary/aromatic N) is 4. The molecule has 0 radical (unpaired) electrons. The molecular formula is C48H49N5O8. The maximum atomic E-state index is 13.8. The lowest BCUT2D eigenvalue weighted by atomic mass is 10.0. The van der Waals surface area contributed by atoms with Crippen molar-refractivity contribution in [1.82, 2.24) is 9.80 Å². The molecule has 4 heterocycles. The Kier molecular flexibility index (Phi) is 11.4. The molecule has 4 aliphatic rings. The zero-order valence-corrected chi connectivity index (χ0v) is 34.9. The summed E-state index contributed by atoms with van der Waals surface area (Å²) in [4.78, 5) is 51.7. The molecule has 8 rings (SSSR count). The number of methoxy groups -OCH3 is 2. The number of fused-ring (bicyclic) bond motifs is 4. The molecule has 4 aliphatic heterocycles. The predicted octanol–water partition coefficient (Wildman–Crippen LogP) is 9.18. The number of hydrogen-bond acceptors (Lipinski definition) is 10. The maximum Gasteiger partial charge on any atom is 0.335 e. The number of unbranched alkanes of at least 4 members (excludes halogenated alkanes) is 2. The number of carboxylic acid groups (broad SMARTS) is 1. The highest BCUT2D eigenvalue weighted by molar-refractivity contribution is 6.06. The van der Waals surface area contributed by atoms with Crippen molar-refractivity contribution in [3.8, 4) is 23.0 Å². The molecule has 0 bridgehead atoms. The summed E-state index contributed by atoms with van der Waals surface area (Å²) in [5.74, 6) is 0.596. The number of anilines is 1. The van der Waals surface area contributed by atoms with Gasteiger partial charge in [0.05, 0.1) is 67.6 Å². The van der Waals surface area contributed by atoms with Gasteiger partial charge in [-0.3, -0.25) is 19.6 Å². The number of carbonyl (C=O) groups excluding carboxylic acids is 2. The van der Waals surface area contributed by atoms with Crippen molar-refractivity contribution in [3.05, 3.63) is 113 Å². The van der Waals surface area contributed by atoms with Gasteiger partial charge in [0.2, 0.25) is 0 Å². The van der Waals surface area contributed by atoms with E-state index < -0.39 is 5.97 Å². The fourth-order valence-corrected chi connectivity index (χ4v) is 7.92. The molecule has 2 amide bonds. The number of ether oxygens (including phenoxy) is 4. The van der Waals surface area contributed by atoms with E-state index in [2.05, 4.69) is 55.3 Å². The van der Waals surface area contributed by atoms with Crippen molar-refractivity contribution in [1.29, 1.82) is 0 Å². The van der Waals surface area contributed by atoms with Crippen LogP contribution in [-0.4, -0.2) is 90.2 Å². The van der Waals surface area contributed by atoms with E-state index in [1.54, 1.807) is 71.7 Å². The van der Waals surface area contributed by atoms with Gasteiger partial charge in [-0.15, -0.1) is 0 Å². The number of rotatable bonds is 14. The Morgan fingerprint density at radius 1 is 0.689 bits per heavy atom. The van der Waals surface area contributed by atoms with Crippen LogP contribution >= 0.6 is 0 Å². The van der Waals surface area contributed by atoms with Gasteiger partial charge in [-0.2, -0.15) is 0 Å². The van der Waals surface area contributed by atoms with Crippen molar-refractivity contribution < 1.29 is 38.4 Å². The number of hydrogen-bond donors (Lipinski definition) is 2. The maximum absolute atomic E-state index is 13.8. The molecule has 0 saturated heterocycles. The largest absolute Gasteiger partial charge is 0.493 e. The Hall–Kier alpha value is -6.89. The highest BCUT2D eigenvalue weighted by Gasteiger charge is 2.35. The van der Waals surface area contributed by atoms with Gasteiger partial charge in [0.15, 0.2) is 23.0 Å². The fourth-order valence-electron chi connectivity index (χ4n) is 7.92. The first-order valence-corrected chi connectivity index (χ1v) is 20.5. The van der Waals surface area contributed by atoms with Gasteiger partial charge in [-0.05, 0) is 98.7 Å². The lowest BCUT2D eigenvalue weighted by Gasteiger charge is -2.22. The highest BCUT2D eigenvalue weighted by atomic mass is 16.5. The van der Waals surface area contributed by atoms with Gasteiger partial charge in [-0.1, -0.05) is 24.3 Å². The summed E-state index contributed by atoms with van der Waals surface area (Å²) >= 11 is 0. The Balaban J connectivity index is 0.840. The minimum atomic E-state index is -0.988. The second-order valence-corrected chi connectivity index (χ2v) is 16.5. The summed E-state index contributed by atoms with van der Waals surface area (Å²) in [5, 5.41) is 12.7. The zero-order valence-electron chi connectivity index (χ0n) is 34.9. The summed E-state index contributed by atoms with van der Waals surface area (Å²) in [6.07, 6.45) is 10.9. The quantitative estimate of drug-likeness (QED) is 0.119. The van der Waals surface area contributed by atoms with Gasteiger partial charge in [0.25, 0.3) is 11.8 Å². The number of amides is 2. The van der Waals surface area contributed by atoms with Crippen molar-refractivity contribution in [2.24, 2.45) is 9.98 Å². The van der Waals surface area contributed by atoms with E-state index in [0.29, 0.717) is 71.6 Å². The molecule has 0 aromatic heterocycles. The molecule has 314 valence electrons. The van der Waals surface area contributed by atoms with E-state index in [1.165, 1.54) is 7.11 Å². The average molecular weight is 824 g/mol. The number of nitrogens with one attached hydrogen (secondary N) is 1. The third-order valence-electron chi connectivity index (χ3n) is 11.0. The van der Waals surface area contributed by atoms with Crippen LogP contribution in [0.5, 0.6) is 23.0 Å². The lowest BCUT2D eigenvalue weighted by Crippen LogP contribution is -2.32. The van der Waals surface area contributed by atoms with E-state index in [9.17, 15) is 19.5 Å². The average Bonchev–Trinajstić information content (AvgIpc) is 3.83. The Morgan fingerprint density at radius 2 is 1.15 bits per heavy atom. The summed E-state index contributed by atoms with van der Waals surface area (Å²) in [6, 6.07) is 21.4. The molecule has 61 heavy (non-hydrogen) atoms. The van der Waals surface area contributed by atoms with E-state index in [4.69, 9.17) is 23.9 Å². The molecule has 2 N–H and O–H groups in total. The molecule has 4 aromatic carbocycles. The molecule has 0 saturated carbocycles. The van der Waals surface area contributed by atoms with Crippen LogP contribution in [0.4, 0.5) is 17.1 Å². The molecular weight excluding hydrogens is 775 g/mol. The summed E-state index contributed by atoms with van der Waals surface area (Å²) in [5.41, 5.74) is 7.05. The van der Waals surface area contributed by atoms with Gasteiger partial charge in [0.1, 0.15) is 0 Å². The van der Waals surface area contributed by atoms with E-state index in [0.717, 1.165) is 47.2 Å². The van der Waals surface area contributed by atoms with Crippen LogP contribution in [0.15, 0.2) is 95.2 Å². The van der Waals surface area contributed by atoms with Crippen LogP contribution in [0.25, 0.3) is 11.1 Å². The molecule has 0 spiro atoms. The number of benzene rings is 4. The predicted molar refractivity (Wildman–Crippen MR) is 235 cm³/mol. The van der Waals surface area contributed by atoms with E-state index >= 15 is 0 Å². The number of aliphatic imine (C=N–C) groups is 2. The second-order valence-electron chi connectivity index (χ2n) is 16.5. The monoisotopic (exact) mass is 823 g/mol. The van der Waals surface area contributed by atoms with Crippen LogP contribution in [0.3, 0.4) is 0 Å². The van der Waals surface area contributed by atoms with Gasteiger partial charge < -0.3 is 39.2 Å². The normalized spacial score (nSPS) is 17.7. The number of carboxylic acids is 1. The summed E-state index contributed by atoms with van der Waals surface area (Å²) < 4.78 is 23.6. The Bertz CT molecular complexity index is 2480. The van der Waals surface area contributed by atoms with E-state index in [-0.39, 0.29) is 35.0 Å². The van der Waals surface area contributed by atoms with Crippen LogP contribution in [0, 0.1) is 0 Å². The van der Waals surface area contributed by atoms with Gasteiger partial charge in [-0.25, -0.2) is 4.79 Å². The minimum Gasteiger partial charge on any atom is -0.493 e. The standard InChI is InChI=1S/C48H49N5O8/c1-48(2,3)51-34-15-13-30(14-16-34)33-20-36-26-50-40-24-44(42(59-5)22-38(40)46(55)53(36)28-33)61-18-8-6-7-17-60-43-23-39-37(21-41(43)58-4)45(54)52-27-32(19-35(52)25-49-39)29-9-11-31(12-10-29)47(56)57/h9-16,21-28,35-36,51H,6-8,17-20H2,1-5H3,(H,56,57)/t35-,36-/m0/s1. The molecule has 2 atom stereocenters. The SMILES string of the molecule is COc1cc2c(cc1OCCCCCOc1cc3c(cc1OC)C(=O)N1C=C(c4ccc(C(=O)O)cc4)C[C@H]1C=N3)N=C[C@@H]1CC(c3ccc(NC(C)(C)C)cc3)=CN1C2=O. The Labute approximate surface area is 355 Å². The fraction of sp³-hybridized carbons (Fsp3) is 0.312. The van der Waals surface area contributed by atoms with Crippen LogP contribution in [0.1, 0.15) is 95.1 Å². The molecule has 13 nitrogen and oxygen atoms in total. The topological polar surface area (TPSA) is 152 Å². The second kappa shape index (κ2) is 17.0. The summed E-state index contributed by atoms with van der Waals surface area (Å²) in [6.45, 7) is 7.22. The third-order valence-corrected chi connectivity index (χ3v) is 11.0. The van der Waals surface area contributed by atoms with Crippen LogP contribution < -0.4 is 24.3 Å². The van der Waals surface area contributed by atoms with Crippen molar-refractivity contribution in [2.45, 2.75) is 70.5 Å². The molecule has 0 unspecified atom stereocenters. The molecule has 13 heteroatoms. The third kappa shape index (κ3) is 8.72. The van der Waals surface area contributed by atoms with Crippen molar-refractivity contribution >= 4 is 58.4 Å². The first-order chi connectivity index (χ1) is 29.4. The minimum absolute atomic E-state index is 0.0381. The number of carbonyl (C=O) groups is 3. The molecule has 0 fully saturated rings. The zero-order chi connectivity index (χ0) is 42.8. The van der Waals surface area contributed by atoms with Crippen LogP contribution in [-0.2, 0) is 0 Å². The lowest BCUT2D eigenvalue weighted by molar-refractivity contribution is 0.0695. The number of aromatic carboxylic acids is 1. The highest BCUT2D eigenvalue weighted by Crippen LogP contribution is 2.42. The first kappa shape index (κ1) is 40.9. The smallest absolute Gasteiger partial charge is 0.335 e. The van der Waals surface area contributed by atoms with Crippen molar-refractivity contribution in [2.75, 3.05) is 32.8 Å². The van der Waals surface area contributed by atoms with Crippen molar-refractivity contribution in [3.63, 3.8) is 0 Å². The summed E-state index contributed by atoms with van der Waals surface area (Å²) in [7, 11) is 3.10. The van der Waals surface area contributed by atoms with E-state index in [1.807, 2.05) is 18.6 Å². The van der Waals surface area contributed by atoms with Gasteiger partial charge in [0, 0.05) is 61.0 Å². The van der Waals surface area contributed by atoms with Gasteiger partial charge >= 0.3 is 5.97 Å². The molecule has 4 aromatic rings. The molecule has 0 aliphatic carbocycles. The van der Waals surface area contributed by atoms with Crippen LogP contribution in [0.2, 0.25) is 0 Å². The first-order valence-electron chi connectivity index (χ1n) is 20.5. The Morgan fingerprint density at radius 3 is 1.57 bits per heavy atom.